The van der Waals surface area contributed by atoms with Crippen molar-refractivity contribution in [2.75, 3.05) is 10.9 Å². The largest absolute Gasteiger partial charge is 0.301 e. The quantitative estimate of drug-likeness (QED) is 0.0908. The minimum absolute atomic E-state index is 0.0179. The highest BCUT2D eigenvalue weighted by Gasteiger charge is 2.20. The maximum atomic E-state index is 11.3. The number of benzene rings is 4. The number of non-ortho nitro benzene ring substituents is 2. The second kappa shape index (κ2) is 13.8. The van der Waals surface area contributed by atoms with E-state index in [0.717, 1.165) is 45.2 Å². The molecule has 228 valence electrons. The van der Waals surface area contributed by atoms with E-state index in [1.165, 1.54) is 23.9 Å². The molecule has 2 N–H and O–H groups in total. The van der Waals surface area contributed by atoms with E-state index in [1.54, 1.807) is 13.8 Å². The SMILES string of the molecule is CC(=NNc1ccc([N+](=O)[O-])cc1[N+](=O)[O-])c1ccc(Sc2ccc(/C(C)=N/Nc3ccc([N+](=O)[O-])cc3[N+](=O)[O-])cc2)cc1. The van der Waals surface area contributed by atoms with Gasteiger partial charge in [-0.2, -0.15) is 10.2 Å². The Morgan fingerprint density at radius 1 is 0.556 bits per heavy atom. The van der Waals surface area contributed by atoms with Crippen LogP contribution in [0.2, 0.25) is 0 Å². The Labute approximate surface area is 258 Å². The average molecular weight is 631 g/mol. The van der Waals surface area contributed by atoms with Crippen LogP contribution in [0.4, 0.5) is 34.1 Å². The normalized spacial score (nSPS) is 11.5. The first-order valence-corrected chi connectivity index (χ1v) is 13.6. The van der Waals surface area contributed by atoms with Crippen LogP contribution in [-0.2, 0) is 0 Å². The zero-order valence-corrected chi connectivity index (χ0v) is 24.3. The molecule has 0 atom stereocenters. The van der Waals surface area contributed by atoms with Crippen LogP contribution in [0.5, 0.6) is 0 Å². The van der Waals surface area contributed by atoms with Crippen molar-refractivity contribution in [3.8, 4) is 0 Å². The van der Waals surface area contributed by atoms with Crippen LogP contribution in [0.25, 0.3) is 0 Å². The molecule has 17 heteroatoms. The fourth-order valence-electron chi connectivity index (χ4n) is 3.84. The van der Waals surface area contributed by atoms with Crippen LogP contribution < -0.4 is 10.9 Å². The summed E-state index contributed by atoms with van der Waals surface area (Å²) in [6.07, 6.45) is 0. The van der Waals surface area contributed by atoms with Gasteiger partial charge in [-0.05, 0) is 61.4 Å². The smallest absolute Gasteiger partial charge is 0.271 e. The van der Waals surface area contributed by atoms with E-state index in [2.05, 4.69) is 21.1 Å². The molecule has 45 heavy (non-hydrogen) atoms. The highest BCUT2D eigenvalue weighted by Crippen LogP contribution is 2.31. The molecule has 4 rings (SSSR count). The molecule has 0 aliphatic heterocycles. The van der Waals surface area contributed by atoms with Crippen molar-refractivity contribution < 1.29 is 19.7 Å². The molecular weight excluding hydrogens is 608 g/mol. The maximum Gasteiger partial charge on any atom is 0.301 e. The summed E-state index contributed by atoms with van der Waals surface area (Å²) in [6.45, 7) is 3.42. The molecule has 0 fully saturated rings. The Morgan fingerprint density at radius 3 is 1.22 bits per heavy atom. The molecule has 0 heterocycles. The van der Waals surface area contributed by atoms with Crippen molar-refractivity contribution in [3.63, 3.8) is 0 Å². The Bertz CT molecular complexity index is 1730. The molecule has 0 unspecified atom stereocenters. The third-order valence-electron chi connectivity index (χ3n) is 6.25. The highest BCUT2D eigenvalue weighted by atomic mass is 32.2. The van der Waals surface area contributed by atoms with E-state index in [4.69, 9.17) is 0 Å². The summed E-state index contributed by atoms with van der Waals surface area (Å²) < 4.78 is 0. The fraction of sp³-hybridized carbons (Fsp3) is 0.0714. The van der Waals surface area contributed by atoms with Gasteiger partial charge >= 0.3 is 11.4 Å². The van der Waals surface area contributed by atoms with E-state index in [0.29, 0.717) is 11.4 Å². The summed E-state index contributed by atoms with van der Waals surface area (Å²) >= 11 is 1.50. The first-order valence-electron chi connectivity index (χ1n) is 12.8. The van der Waals surface area contributed by atoms with Crippen LogP contribution in [0.15, 0.2) is 105 Å². The predicted molar refractivity (Wildman–Crippen MR) is 168 cm³/mol. The zero-order valence-electron chi connectivity index (χ0n) is 23.4. The summed E-state index contributed by atoms with van der Waals surface area (Å²) in [5.74, 6) is 0. The third-order valence-corrected chi connectivity index (χ3v) is 7.26. The third kappa shape index (κ3) is 7.99. The molecule has 0 spiro atoms. The van der Waals surface area contributed by atoms with E-state index in [9.17, 15) is 40.5 Å². The van der Waals surface area contributed by atoms with Gasteiger partial charge in [0.2, 0.25) is 0 Å². The van der Waals surface area contributed by atoms with Gasteiger partial charge in [-0.1, -0.05) is 36.0 Å². The number of rotatable bonds is 12. The van der Waals surface area contributed by atoms with Gasteiger partial charge in [-0.25, -0.2) is 0 Å². The molecule has 0 bridgehead atoms. The minimum Gasteiger partial charge on any atom is -0.271 e. The van der Waals surface area contributed by atoms with Gasteiger partial charge in [0.15, 0.2) is 0 Å². The van der Waals surface area contributed by atoms with Crippen molar-refractivity contribution in [1.29, 1.82) is 0 Å². The lowest BCUT2D eigenvalue weighted by Gasteiger charge is -2.07. The van der Waals surface area contributed by atoms with Crippen LogP contribution >= 0.6 is 11.8 Å². The lowest BCUT2D eigenvalue weighted by atomic mass is 10.1. The molecule has 0 aliphatic carbocycles. The van der Waals surface area contributed by atoms with Crippen molar-refractivity contribution in [2.24, 2.45) is 10.2 Å². The van der Waals surface area contributed by atoms with Crippen molar-refractivity contribution >= 4 is 57.3 Å². The van der Waals surface area contributed by atoms with Crippen LogP contribution in [0.3, 0.4) is 0 Å². The van der Waals surface area contributed by atoms with Gasteiger partial charge in [0.1, 0.15) is 11.4 Å². The Balaban J connectivity index is 1.39. The van der Waals surface area contributed by atoms with Gasteiger partial charge in [-0.15, -0.1) is 0 Å². The second-order valence-electron chi connectivity index (χ2n) is 9.20. The second-order valence-corrected chi connectivity index (χ2v) is 10.3. The molecule has 0 aromatic heterocycles. The van der Waals surface area contributed by atoms with E-state index < -0.39 is 42.4 Å². The number of hydrogen-bond donors (Lipinski definition) is 2. The van der Waals surface area contributed by atoms with E-state index >= 15 is 0 Å². The molecule has 0 aliphatic rings. The predicted octanol–water partition coefficient (Wildman–Crippen LogP) is 7.14. The molecular formula is C28H22N8O8S. The molecule has 0 saturated heterocycles. The lowest BCUT2D eigenvalue weighted by molar-refractivity contribution is -0.393. The number of anilines is 2. The summed E-state index contributed by atoms with van der Waals surface area (Å²) in [7, 11) is 0. The average Bonchev–Trinajstić information content (AvgIpc) is 3.02. The summed E-state index contributed by atoms with van der Waals surface area (Å²) in [4.78, 5) is 43.5. The minimum atomic E-state index is -0.723. The fourth-order valence-corrected chi connectivity index (χ4v) is 4.66. The van der Waals surface area contributed by atoms with Gasteiger partial charge in [0.05, 0.1) is 43.2 Å². The molecule has 0 saturated carbocycles. The van der Waals surface area contributed by atoms with E-state index in [-0.39, 0.29) is 11.4 Å². The van der Waals surface area contributed by atoms with Gasteiger partial charge in [-0.3, -0.25) is 51.3 Å². The molecule has 4 aromatic carbocycles. The van der Waals surface area contributed by atoms with Crippen LogP contribution in [0.1, 0.15) is 25.0 Å². The maximum absolute atomic E-state index is 11.3. The van der Waals surface area contributed by atoms with E-state index in [1.807, 2.05) is 48.5 Å². The summed E-state index contributed by atoms with van der Waals surface area (Å²) in [5.41, 5.74) is 6.09. The van der Waals surface area contributed by atoms with Gasteiger partial charge in [0, 0.05) is 21.9 Å². The monoisotopic (exact) mass is 630 g/mol. The summed E-state index contributed by atoms with van der Waals surface area (Å²) in [5, 5.41) is 52.9. The zero-order chi connectivity index (χ0) is 32.7. The highest BCUT2D eigenvalue weighted by molar-refractivity contribution is 7.99. The summed E-state index contributed by atoms with van der Waals surface area (Å²) in [6, 6.07) is 21.4. The topological polar surface area (TPSA) is 221 Å². The van der Waals surface area contributed by atoms with Crippen molar-refractivity contribution in [1.82, 2.24) is 0 Å². The van der Waals surface area contributed by atoms with Crippen molar-refractivity contribution in [2.45, 2.75) is 23.6 Å². The Hall–Kier alpha value is -6.23. The first-order chi connectivity index (χ1) is 21.4. The standard InChI is InChI=1S/C28H22N8O8S/c1-17(29-31-25-13-7-21(33(37)38)15-27(25)35(41)42)19-3-9-23(10-4-19)45-24-11-5-20(6-12-24)18(2)30-32-26-14-8-22(34(39)40)16-28(26)36(43)44/h3-16,31-32H,1-2H3/b29-17+,30-18?. The Kier molecular flexibility index (Phi) is 9.74. The van der Waals surface area contributed by atoms with Gasteiger partial charge < -0.3 is 0 Å². The number of nitrogens with one attached hydrogen (secondary N) is 2. The van der Waals surface area contributed by atoms with Crippen LogP contribution in [-0.4, -0.2) is 31.1 Å². The van der Waals surface area contributed by atoms with Crippen molar-refractivity contribution in [3.05, 3.63) is 137 Å². The number of nitrogens with zero attached hydrogens (tertiary/aromatic N) is 6. The molecule has 4 aromatic rings. The molecule has 16 nitrogen and oxygen atoms in total. The number of hydrazone groups is 2. The number of nitro benzene ring substituents is 4. The first kappa shape index (κ1) is 31.7. The molecule has 0 amide bonds. The number of nitro groups is 4. The number of hydrogen-bond acceptors (Lipinski definition) is 13. The Morgan fingerprint density at radius 2 is 0.911 bits per heavy atom. The van der Waals surface area contributed by atoms with Crippen LogP contribution in [0, 0.1) is 40.5 Å². The van der Waals surface area contributed by atoms with Gasteiger partial charge in [0.25, 0.3) is 11.4 Å². The lowest BCUT2D eigenvalue weighted by Crippen LogP contribution is -2.02. The molecule has 0 radical (unpaired) electrons.